The maximum atomic E-state index is 10.8. The van der Waals surface area contributed by atoms with E-state index in [1.54, 1.807) is 6.20 Å². The smallest absolute Gasteiger partial charge is 0.0983 e. The third-order valence-electron chi connectivity index (χ3n) is 5.08. The monoisotopic (exact) mass is 355 g/mol. The number of nitrogens with zero attached hydrogens (tertiary/aromatic N) is 3. The second-order valence-corrected chi connectivity index (χ2v) is 7.37. The van der Waals surface area contributed by atoms with Crippen LogP contribution >= 0.6 is 11.6 Å². The van der Waals surface area contributed by atoms with E-state index in [2.05, 4.69) is 27.6 Å². The van der Waals surface area contributed by atoms with E-state index in [1.807, 2.05) is 31.2 Å². The molecule has 1 aromatic carbocycles. The molecule has 1 aliphatic rings. The van der Waals surface area contributed by atoms with E-state index < -0.39 is 6.10 Å². The fraction of sp³-hybridized carbons (Fsp3) is 0.350. The molecule has 2 aromatic heterocycles. The van der Waals surface area contributed by atoms with Crippen LogP contribution in [0.3, 0.4) is 0 Å². The molecule has 25 heavy (non-hydrogen) atoms. The molecule has 3 aromatic rings. The number of aryl methyl sites for hydroxylation is 1. The van der Waals surface area contributed by atoms with Crippen LogP contribution in [0.2, 0.25) is 5.02 Å². The first-order chi connectivity index (χ1) is 12.0. The number of halogens is 1. The van der Waals surface area contributed by atoms with E-state index >= 15 is 0 Å². The van der Waals surface area contributed by atoms with Gasteiger partial charge in [0, 0.05) is 58.6 Å². The summed E-state index contributed by atoms with van der Waals surface area (Å²) in [6.45, 7) is 4.43. The van der Waals surface area contributed by atoms with Gasteiger partial charge in [0.15, 0.2) is 0 Å². The van der Waals surface area contributed by atoms with Crippen LogP contribution in [0.4, 0.5) is 0 Å². The fourth-order valence-corrected chi connectivity index (χ4v) is 3.89. The Morgan fingerprint density at radius 3 is 2.88 bits per heavy atom. The Morgan fingerprint density at radius 1 is 1.28 bits per heavy atom. The van der Waals surface area contributed by atoms with Crippen molar-refractivity contribution in [2.45, 2.75) is 32.5 Å². The predicted octanol–water partition coefficient (Wildman–Crippen LogP) is 3.72. The molecule has 0 spiro atoms. The van der Waals surface area contributed by atoms with Crippen molar-refractivity contribution in [1.82, 2.24) is 14.5 Å². The van der Waals surface area contributed by atoms with E-state index in [9.17, 15) is 5.11 Å². The van der Waals surface area contributed by atoms with Gasteiger partial charge < -0.3 is 14.6 Å². The first-order valence-corrected chi connectivity index (χ1v) is 8.99. The number of likely N-dealkylation sites (N-methyl/N-ethyl adjacent to an activating group) is 1. The zero-order valence-electron chi connectivity index (χ0n) is 14.5. The molecule has 4 rings (SSSR count). The van der Waals surface area contributed by atoms with Gasteiger partial charge in [-0.1, -0.05) is 17.7 Å². The molecule has 3 heterocycles. The SMILES string of the molecule is Cc1ccc(C(O)Cn2c3c(c4cc(Cl)ccc42)CN(C)CC3)cn1. The molecule has 0 aliphatic carbocycles. The molecule has 0 saturated carbocycles. The normalized spacial score (nSPS) is 16.2. The largest absolute Gasteiger partial charge is 0.386 e. The van der Waals surface area contributed by atoms with Crippen molar-refractivity contribution < 1.29 is 5.11 Å². The van der Waals surface area contributed by atoms with Crippen molar-refractivity contribution in [3.63, 3.8) is 0 Å². The Labute approximate surface area is 152 Å². The van der Waals surface area contributed by atoms with E-state index in [-0.39, 0.29) is 0 Å². The van der Waals surface area contributed by atoms with Gasteiger partial charge in [0.05, 0.1) is 12.6 Å². The first kappa shape index (κ1) is 16.6. The summed E-state index contributed by atoms with van der Waals surface area (Å²) in [5.74, 6) is 0. The Bertz CT molecular complexity index is 917. The second-order valence-electron chi connectivity index (χ2n) is 6.93. The second kappa shape index (κ2) is 6.45. The maximum Gasteiger partial charge on any atom is 0.0983 e. The fourth-order valence-electron chi connectivity index (χ4n) is 3.72. The summed E-state index contributed by atoms with van der Waals surface area (Å²) in [5.41, 5.74) is 5.60. The van der Waals surface area contributed by atoms with Crippen LogP contribution in [-0.2, 0) is 19.5 Å². The number of aliphatic hydroxyl groups excluding tert-OH is 1. The number of hydrogen-bond donors (Lipinski definition) is 1. The maximum absolute atomic E-state index is 10.8. The molecule has 0 fully saturated rings. The van der Waals surface area contributed by atoms with Gasteiger partial charge in [0.25, 0.3) is 0 Å². The van der Waals surface area contributed by atoms with Gasteiger partial charge in [-0.25, -0.2) is 0 Å². The van der Waals surface area contributed by atoms with E-state index in [1.165, 1.54) is 16.6 Å². The highest BCUT2D eigenvalue weighted by molar-refractivity contribution is 6.31. The number of aliphatic hydroxyl groups is 1. The molecule has 0 bridgehead atoms. The van der Waals surface area contributed by atoms with Crippen molar-refractivity contribution in [1.29, 1.82) is 0 Å². The number of benzene rings is 1. The van der Waals surface area contributed by atoms with Gasteiger partial charge in [-0.3, -0.25) is 4.98 Å². The Hall–Kier alpha value is -1.88. The molecule has 4 nitrogen and oxygen atoms in total. The summed E-state index contributed by atoms with van der Waals surface area (Å²) in [6, 6.07) is 9.93. The lowest BCUT2D eigenvalue weighted by Gasteiger charge is -2.25. The summed E-state index contributed by atoms with van der Waals surface area (Å²) in [4.78, 5) is 6.63. The summed E-state index contributed by atoms with van der Waals surface area (Å²) < 4.78 is 2.26. The third kappa shape index (κ3) is 3.06. The zero-order valence-corrected chi connectivity index (χ0v) is 15.3. The third-order valence-corrected chi connectivity index (χ3v) is 5.32. The molecular weight excluding hydrogens is 334 g/mol. The lowest BCUT2D eigenvalue weighted by Crippen LogP contribution is -2.27. The van der Waals surface area contributed by atoms with E-state index in [0.717, 1.165) is 41.3 Å². The number of rotatable bonds is 3. The Kier molecular flexibility index (Phi) is 4.28. The highest BCUT2D eigenvalue weighted by Crippen LogP contribution is 2.33. The van der Waals surface area contributed by atoms with Gasteiger partial charge in [-0.15, -0.1) is 0 Å². The lowest BCUT2D eigenvalue weighted by atomic mass is 10.0. The minimum Gasteiger partial charge on any atom is -0.386 e. The van der Waals surface area contributed by atoms with Crippen LogP contribution in [0.15, 0.2) is 36.5 Å². The number of hydrogen-bond acceptors (Lipinski definition) is 3. The minimum absolute atomic E-state index is 0.530. The van der Waals surface area contributed by atoms with Crippen LogP contribution in [0.1, 0.15) is 28.6 Å². The molecule has 1 unspecified atom stereocenters. The Morgan fingerprint density at radius 2 is 2.12 bits per heavy atom. The van der Waals surface area contributed by atoms with E-state index in [4.69, 9.17) is 11.6 Å². The molecule has 1 atom stereocenters. The molecule has 1 N–H and O–H groups in total. The number of fused-ring (bicyclic) bond motifs is 3. The van der Waals surface area contributed by atoms with Gasteiger partial charge in [-0.2, -0.15) is 0 Å². The van der Waals surface area contributed by atoms with Gasteiger partial charge in [0.2, 0.25) is 0 Å². The average molecular weight is 356 g/mol. The molecule has 0 amide bonds. The summed E-state index contributed by atoms with van der Waals surface area (Å²) in [7, 11) is 2.14. The minimum atomic E-state index is -0.580. The van der Waals surface area contributed by atoms with Crippen molar-refractivity contribution in [3.8, 4) is 0 Å². The van der Waals surface area contributed by atoms with Gasteiger partial charge in [0.1, 0.15) is 0 Å². The molecule has 0 saturated heterocycles. The number of aromatic nitrogens is 2. The summed E-state index contributed by atoms with van der Waals surface area (Å²) >= 11 is 6.24. The van der Waals surface area contributed by atoms with Crippen LogP contribution < -0.4 is 0 Å². The van der Waals surface area contributed by atoms with Crippen LogP contribution in [0, 0.1) is 6.92 Å². The van der Waals surface area contributed by atoms with Crippen LogP contribution in [-0.4, -0.2) is 33.1 Å². The molecule has 5 heteroatoms. The van der Waals surface area contributed by atoms with Gasteiger partial charge >= 0.3 is 0 Å². The van der Waals surface area contributed by atoms with Crippen LogP contribution in [0.25, 0.3) is 10.9 Å². The quantitative estimate of drug-likeness (QED) is 0.778. The van der Waals surface area contributed by atoms with Gasteiger partial charge in [-0.05, 0) is 43.8 Å². The number of pyridine rings is 1. The Balaban J connectivity index is 1.77. The zero-order chi connectivity index (χ0) is 17.6. The highest BCUT2D eigenvalue weighted by Gasteiger charge is 2.24. The standard InChI is InChI=1S/C20H22ClN3O/c1-13-3-4-14(10-22-13)20(25)12-24-18-6-5-15(21)9-16(18)17-11-23(2)8-7-19(17)24/h3-6,9-10,20,25H,7-8,11-12H2,1-2H3. The van der Waals surface area contributed by atoms with Crippen LogP contribution in [0.5, 0.6) is 0 Å². The molecule has 130 valence electrons. The molecule has 1 aliphatic heterocycles. The first-order valence-electron chi connectivity index (χ1n) is 8.61. The topological polar surface area (TPSA) is 41.3 Å². The lowest BCUT2D eigenvalue weighted by molar-refractivity contribution is 0.155. The van der Waals surface area contributed by atoms with Crippen molar-refractivity contribution in [3.05, 3.63) is 64.1 Å². The predicted molar refractivity (Wildman–Crippen MR) is 101 cm³/mol. The van der Waals surface area contributed by atoms with Crippen molar-refractivity contribution in [2.75, 3.05) is 13.6 Å². The molecular formula is C20H22ClN3O. The summed E-state index contributed by atoms with van der Waals surface area (Å²) in [5, 5.41) is 12.7. The van der Waals surface area contributed by atoms with Crippen molar-refractivity contribution in [2.24, 2.45) is 0 Å². The average Bonchev–Trinajstić information content (AvgIpc) is 2.88. The highest BCUT2D eigenvalue weighted by atomic mass is 35.5. The van der Waals surface area contributed by atoms with Crippen molar-refractivity contribution >= 4 is 22.5 Å². The molecule has 0 radical (unpaired) electrons. The summed E-state index contributed by atoms with van der Waals surface area (Å²) in [6.07, 6.45) is 2.17. The van der Waals surface area contributed by atoms with E-state index in [0.29, 0.717) is 6.54 Å².